The van der Waals surface area contributed by atoms with Gasteiger partial charge in [0, 0.05) is 5.56 Å². The minimum absolute atomic E-state index is 0.0881. The SMILES string of the molecule is CCc1ccc(-c2noc(COC(=O)c3ccccc3OC(F)F)n2)cc1. The maximum Gasteiger partial charge on any atom is 0.387 e. The fraction of sp³-hybridized carbons (Fsp3) is 0.211. The van der Waals surface area contributed by atoms with E-state index in [9.17, 15) is 13.6 Å². The van der Waals surface area contributed by atoms with Crippen molar-refractivity contribution < 1.29 is 27.6 Å². The second-order valence-corrected chi connectivity index (χ2v) is 5.51. The third-order valence-electron chi connectivity index (χ3n) is 3.74. The van der Waals surface area contributed by atoms with E-state index in [1.54, 1.807) is 0 Å². The number of aryl methyl sites for hydroxylation is 1. The molecule has 0 amide bonds. The molecule has 8 heteroatoms. The second kappa shape index (κ2) is 8.39. The summed E-state index contributed by atoms with van der Waals surface area (Å²) in [5, 5.41) is 3.85. The van der Waals surface area contributed by atoms with Crippen LogP contribution in [0.1, 0.15) is 28.7 Å². The zero-order valence-corrected chi connectivity index (χ0v) is 14.4. The van der Waals surface area contributed by atoms with Gasteiger partial charge in [-0.05, 0) is 24.1 Å². The van der Waals surface area contributed by atoms with E-state index in [0.717, 1.165) is 12.0 Å². The maximum atomic E-state index is 12.4. The Hall–Kier alpha value is -3.29. The highest BCUT2D eigenvalue weighted by Crippen LogP contribution is 2.22. The highest BCUT2D eigenvalue weighted by molar-refractivity contribution is 5.92. The number of esters is 1. The number of aromatic nitrogens is 2. The third kappa shape index (κ3) is 4.66. The molecule has 0 saturated heterocycles. The van der Waals surface area contributed by atoms with E-state index >= 15 is 0 Å². The van der Waals surface area contributed by atoms with Crippen LogP contribution in [-0.2, 0) is 17.8 Å². The van der Waals surface area contributed by atoms with Gasteiger partial charge in [-0.3, -0.25) is 0 Å². The van der Waals surface area contributed by atoms with Crippen LogP contribution in [0, 0.1) is 0 Å². The first-order valence-corrected chi connectivity index (χ1v) is 8.19. The standard InChI is InChI=1S/C19H16F2N2O4/c1-2-12-7-9-13(10-8-12)17-22-16(27-23-17)11-25-18(24)14-5-3-4-6-15(14)26-19(20)21/h3-10,19H,2,11H2,1H3. The fourth-order valence-electron chi connectivity index (χ4n) is 2.36. The molecule has 140 valence electrons. The number of rotatable bonds is 7. The Labute approximate surface area is 153 Å². The van der Waals surface area contributed by atoms with Crippen LogP contribution in [0.2, 0.25) is 0 Å². The largest absolute Gasteiger partial charge is 0.452 e. The van der Waals surface area contributed by atoms with E-state index in [1.807, 2.05) is 24.3 Å². The van der Waals surface area contributed by atoms with Gasteiger partial charge < -0.3 is 14.0 Å². The molecule has 0 bridgehead atoms. The quantitative estimate of drug-likeness (QED) is 0.576. The Bertz CT molecular complexity index is 910. The number of carbonyl (C=O) groups is 1. The van der Waals surface area contributed by atoms with E-state index in [4.69, 9.17) is 9.26 Å². The number of hydrogen-bond donors (Lipinski definition) is 0. The number of nitrogens with zero attached hydrogens (tertiary/aromatic N) is 2. The van der Waals surface area contributed by atoms with Gasteiger partial charge >= 0.3 is 12.6 Å². The summed E-state index contributed by atoms with van der Waals surface area (Å²) in [6.07, 6.45) is 0.921. The number of benzene rings is 2. The van der Waals surface area contributed by atoms with Crippen LogP contribution in [0.3, 0.4) is 0 Å². The molecule has 0 aliphatic heterocycles. The lowest BCUT2D eigenvalue weighted by molar-refractivity contribution is -0.0505. The van der Waals surface area contributed by atoms with Crippen molar-refractivity contribution in [3.63, 3.8) is 0 Å². The summed E-state index contributed by atoms with van der Waals surface area (Å²) in [6, 6.07) is 13.2. The van der Waals surface area contributed by atoms with Crippen molar-refractivity contribution in [2.45, 2.75) is 26.6 Å². The van der Waals surface area contributed by atoms with E-state index in [2.05, 4.69) is 21.8 Å². The Balaban J connectivity index is 1.65. The molecule has 1 heterocycles. The summed E-state index contributed by atoms with van der Waals surface area (Å²) in [7, 11) is 0. The Kier molecular flexibility index (Phi) is 5.75. The number of carbonyl (C=O) groups excluding carboxylic acids is 1. The summed E-state index contributed by atoms with van der Waals surface area (Å²) in [5.41, 5.74) is 1.83. The minimum atomic E-state index is -3.04. The Morgan fingerprint density at radius 3 is 2.59 bits per heavy atom. The Morgan fingerprint density at radius 2 is 1.89 bits per heavy atom. The van der Waals surface area contributed by atoms with Gasteiger partial charge in [0.2, 0.25) is 5.82 Å². The van der Waals surface area contributed by atoms with Gasteiger partial charge in [-0.15, -0.1) is 0 Å². The summed E-state index contributed by atoms with van der Waals surface area (Å²) in [6.45, 7) is -1.28. The van der Waals surface area contributed by atoms with Crippen LogP contribution < -0.4 is 4.74 Å². The summed E-state index contributed by atoms with van der Waals surface area (Å²) >= 11 is 0. The van der Waals surface area contributed by atoms with Crippen molar-refractivity contribution in [3.05, 3.63) is 65.5 Å². The molecular formula is C19H16F2N2O4. The average molecular weight is 374 g/mol. The molecule has 0 N–H and O–H groups in total. The first kappa shape index (κ1) is 18.5. The average Bonchev–Trinajstić information content (AvgIpc) is 3.15. The van der Waals surface area contributed by atoms with Crippen LogP contribution in [-0.4, -0.2) is 22.7 Å². The highest BCUT2D eigenvalue weighted by Gasteiger charge is 2.18. The molecule has 2 aromatic carbocycles. The molecule has 3 rings (SSSR count). The molecule has 1 aromatic heterocycles. The van der Waals surface area contributed by atoms with Crippen molar-refractivity contribution in [2.75, 3.05) is 0 Å². The number of para-hydroxylation sites is 1. The fourth-order valence-corrected chi connectivity index (χ4v) is 2.36. The molecule has 0 spiro atoms. The predicted octanol–water partition coefficient (Wildman–Crippen LogP) is 4.26. The molecule has 0 fully saturated rings. The monoisotopic (exact) mass is 374 g/mol. The van der Waals surface area contributed by atoms with Crippen molar-refractivity contribution in [2.24, 2.45) is 0 Å². The predicted molar refractivity (Wildman–Crippen MR) is 91.3 cm³/mol. The number of hydrogen-bond acceptors (Lipinski definition) is 6. The highest BCUT2D eigenvalue weighted by atomic mass is 19.3. The number of halogens is 2. The van der Waals surface area contributed by atoms with E-state index in [1.165, 1.54) is 29.8 Å². The van der Waals surface area contributed by atoms with Gasteiger partial charge in [-0.25, -0.2) is 4.79 Å². The van der Waals surface area contributed by atoms with Gasteiger partial charge in [-0.2, -0.15) is 13.8 Å². The number of ether oxygens (including phenoxy) is 2. The van der Waals surface area contributed by atoms with Crippen molar-refractivity contribution in [3.8, 4) is 17.1 Å². The maximum absolute atomic E-state index is 12.4. The van der Waals surface area contributed by atoms with Gasteiger partial charge in [0.05, 0.1) is 0 Å². The lowest BCUT2D eigenvalue weighted by Gasteiger charge is -2.09. The van der Waals surface area contributed by atoms with Gasteiger partial charge in [-0.1, -0.05) is 48.5 Å². The second-order valence-electron chi connectivity index (χ2n) is 5.51. The lowest BCUT2D eigenvalue weighted by atomic mass is 10.1. The van der Waals surface area contributed by atoms with Gasteiger partial charge in [0.25, 0.3) is 5.89 Å². The van der Waals surface area contributed by atoms with Gasteiger partial charge in [0.1, 0.15) is 11.3 Å². The van der Waals surface area contributed by atoms with Crippen LogP contribution in [0.15, 0.2) is 53.1 Å². The first-order valence-electron chi connectivity index (χ1n) is 8.19. The smallest absolute Gasteiger partial charge is 0.387 e. The minimum Gasteiger partial charge on any atom is -0.452 e. The molecular weight excluding hydrogens is 358 g/mol. The molecule has 0 aliphatic rings. The van der Waals surface area contributed by atoms with Crippen molar-refractivity contribution in [1.82, 2.24) is 10.1 Å². The summed E-state index contributed by atoms with van der Waals surface area (Å²) in [4.78, 5) is 16.3. The molecule has 3 aromatic rings. The van der Waals surface area contributed by atoms with E-state index in [-0.39, 0.29) is 23.8 Å². The molecule has 0 aliphatic carbocycles. The van der Waals surface area contributed by atoms with Crippen LogP contribution >= 0.6 is 0 Å². The van der Waals surface area contributed by atoms with Crippen molar-refractivity contribution >= 4 is 5.97 Å². The molecule has 0 atom stereocenters. The van der Waals surface area contributed by atoms with Crippen molar-refractivity contribution in [1.29, 1.82) is 0 Å². The molecule has 27 heavy (non-hydrogen) atoms. The zero-order valence-electron chi connectivity index (χ0n) is 14.4. The molecule has 0 saturated carbocycles. The Morgan fingerprint density at radius 1 is 1.15 bits per heavy atom. The molecule has 0 unspecified atom stereocenters. The van der Waals surface area contributed by atoms with E-state index in [0.29, 0.717) is 5.82 Å². The molecule has 0 radical (unpaired) electrons. The van der Waals surface area contributed by atoms with E-state index < -0.39 is 12.6 Å². The summed E-state index contributed by atoms with van der Waals surface area (Å²) in [5.74, 6) is -0.645. The third-order valence-corrected chi connectivity index (χ3v) is 3.74. The summed E-state index contributed by atoms with van der Waals surface area (Å²) < 4.78 is 39.3. The normalized spacial score (nSPS) is 10.8. The zero-order chi connectivity index (χ0) is 19.2. The topological polar surface area (TPSA) is 74.5 Å². The van der Waals surface area contributed by atoms with Crippen LogP contribution in [0.25, 0.3) is 11.4 Å². The van der Waals surface area contributed by atoms with Crippen LogP contribution in [0.5, 0.6) is 5.75 Å². The lowest BCUT2D eigenvalue weighted by Crippen LogP contribution is -2.10. The van der Waals surface area contributed by atoms with Gasteiger partial charge in [0.15, 0.2) is 6.61 Å². The van der Waals surface area contributed by atoms with Crippen LogP contribution in [0.4, 0.5) is 8.78 Å². The first-order chi connectivity index (χ1) is 13.1. The number of alkyl halides is 2. The molecule has 6 nitrogen and oxygen atoms in total.